The Kier molecular flexibility index (Phi) is 5.51. The van der Waals surface area contributed by atoms with Crippen LogP contribution in [-0.2, 0) is 14.3 Å². The molecule has 0 saturated carbocycles. The van der Waals surface area contributed by atoms with Crippen LogP contribution >= 0.6 is 0 Å². The maximum absolute atomic E-state index is 12.2. The maximum Gasteiger partial charge on any atom is 0.267 e. The monoisotopic (exact) mass is 288 g/mol. The van der Waals surface area contributed by atoms with Gasteiger partial charge < -0.3 is 15.4 Å². The van der Waals surface area contributed by atoms with Gasteiger partial charge in [0, 0.05) is 20.1 Å². The minimum Gasteiger partial charge on any atom is -0.376 e. The van der Waals surface area contributed by atoms with Gasteiger partial charge in [0.25, 0.3) is 5.91 Å². The lowest BCUT2D eigenvalue weighted by atomic mass is 10.2. The van der Waals surface area contributed by atoms with Gasteiger partial charge in [-0.05, 0) is 24.5 Å². The van der Waals surface area contributed by atoms with Crippen molar-refractivity contribution in [2.75, 3.05) is 13.2 Å². The Morgan fingerprint density at radius 3 is 2.71 bits per heavy atom. The lowest BCUT2D eigenvalue weighted by Gasteiger charge is -2.13. The first-order chi connectivity index (χ1) is 10.1. The van der Waals surface area contributed by atoms with Gasteiger partial charge in [0.2, 0.25) is 5.91 Å². The molecule has 0 bridgehead atoms. The predicted molar refractivity (Wildman–Crippen MR) is 80.2 cm³/mol. The molecule has 2 rings (SSSR count). The molecule has 112 valence electrons. The van der Waals surface area contributed by atoms with E-state index in [1.807, 2.05) is 30.3 Å². The SMILES string of the molecule is CC(=O)N/C(=C/c1ccccc1)C(=O)NC[C@H]1CCCO1. The highest BCUT2D eigenvalue weighted by atomic mass is 16.5. The summed E-state index contributed by atoms with van der Waals surface area (Å²) in [6.45, 7) is 2.59. The van der Waals surface area contributed by atoms with Gasteiger partial charge in [-0.2, -0.15) is 0 Å². The molecule has 0 aromatic heterocycles. The number of nitrogens with one attached hydrogen (secondary N) is 2. The summed E-state index contributed by atoms with van der Waals surface area (Å²) < 4.78 is 5.46. The summed E-state index contributed by atoms with van der Waals surface area (Å²) in [6, 6.07) is 9.39. The standard InChI is InChI=1S/C16H20N2O3/c1-12(19)18-15(10-13-6-3-2-4-7-13)16(20)17-11-14-8-5-9-21-14/h2-4,6-7,10,14H,5,8-9,11H2,1H3,(H,17,20)(H,18,19)/b15-10+/t14-/m1/s1. The molecule has 1 aromatic rings. The number of hydrogen-bond donors (Lipinski definition) is 2. The molecule has 1 saturated heterocycles. The van der Waals surface area contributed by atoms with Crippen molar-refractivity contribution in [1.29, 1.82) is 0 Å². The van der Waals surface area contributed by atoms with E-state index in [9.17, 15) is 9.59 Å². The van der Waals surface area contributed by atoms with Crippen LogP contribution in [0.4, 0.5) is 0 Å². The van der Waals surface area contributed by atoms with Gasteiger partial charge >= 0.3 is 0 Å². The summed E-state index contributed by atoms with van der Waals surface area (Å²) >= 11 is 0. The first-order valence-corrected chi connectivity index (χ1v) is 7.09. The molecule has 2 amide bonds. The number of benzene rings is 1. The fourth-order valence-corrected chi connectivity index (χ4v) is 2.17. The number of hydrogen-bond acceptors (Lipinski definition) is 3. The zero-order valence-electron chi connectivity index (χ0n) is 12.1. The fourth-order valence-electron chi connectivity index (χ4n) is 2.17. The Balaban J connectivity index is 2.02. The average molecular weight is 288 g/mol. The molecule has 1 fully saturated rings. The topological polar surface area (TPSA) is 67.4 Å². The average Bonchev–Trinajstić information content (AvgIpc) is 2.98. The predicted octanol–water partition coefficient (Wildman–Crippen LogP) is 1.46. The van der Waals surface area contributed by atoms with Crippen molar-refractivity contribution in [2.45, 2.75) is 25.9 Å². The summed E-state index contributed by atoms with van der Waals surface area (Å²) in [5, 5.41) is 5.38. The third-order valence-corrected chi connectivity index (χ3v) is 3.18. The van der Waals surface area contributed by atoms with Crippen LogP contribution in [0.3, 0.4) is 0 Å². The van der Waals surface area contributed by atoms with E-state index in [1.54, 1.807) is 6.08 Å². The Hall–Kier alpha value is -2.14. The van der Waals surface area contributed by atoms with E-state index in [2.05, 4.69) is 10.6 Å². The summed E-state index contributed by atoms with van der Waals surface area (Å²) in [5.41, 5.74) is 1.10. The van der Waals surface area contributed by atoms with E-state index in [-0.39, 0.29) is 23.6 Å². The van der Waals surface area contributed by atoms with Crippen LogP contribution in [0.25, 0.3) is 6.08 Å². The minimum atomic E-state index is -0.301. The maximum atomic E-state index is 12.2. The highest BCUT2D eigenvalue weighted by Gasteiger charge is 2.18. The van der Waals surface area contributed by atoms with Crippen LogP contribution in [0.2, 0.25) is 0 Å². The van der Waals surface area contributed by atoms with Gasteiger partial charge in [-0.1, -0.05) is 30.3 Å². The number of ether oxygens (including phenoxy) is 1. The third kappa shape index (κ3) is 5.04. The number of carbonyl (C=O) groups is 2. The normalized spacial score (nSPS) is 18.3. The van der Waals surface area contributed by atoms with E-state index in [1.165, 1.54) is 6.92 Å². The number of rotatable bonds is 5. The van der Waals surface area contributed by atoms with Gasteiger partial charge in [0.1, 0.15) is 5.70 Å². The van der Waals surface area contributed by atoms with Crippen molar-refractivity contribution >= 4 is 17.9 Å². The van der Waals surface area contributed by atoms with Gasteiger partial charge in [-0.15, -0.1) is 0 Å². The van der Waals surface area contributed by atoms with Gasteiger partial charge in [0.05, 0.1) is 6.10 Å². The molecule has 0 aliphatic carbocycles. The number of carbonyl (C=O) groups excluding carboxylic acids is 2. The van der Waals surface area contributed by atoms with Crippen molar-refractivity contribution in [3.63, 3.8) is 0 Å². The zero-order valence-corrected chi connectivity index (χ0v) is 12.1. The van der Waals surface area contributed by atoms with Crippen molar-refractivity contribution in [3.8, 4) is 0 Å². The quantitative estimate of drug-likeness (QED) is 0.806. The first-order valence-electron chi connectivity index (χ1n) is 7.09. The van der Waals surface area contributed by atoms with Gasteiger partial charge in [-0.25, -0.2) is 0 Å². The van der Waals surface area contributed by atoms with E-state index in [0.29, 0.717) is 6.54 Å². The van der Waals surface area contributed by atoms with E-state index < -0.39 is 0 Å². The van der Waals surface area contributed by atoms with Crippen molar-refractivity contribution in [1.82, 2.24) is 10.6 Å². The Labute approximate surface area is 124 Å². The zero-order chi connectivity index (χ0) is 15.1. The lowest BCUT2D eigenvalue weighted by molar-refractivity contribution is -0.122. The molecule has 1 heterocycles. The first kappa shape index (κ1) is 15.3. The van der Waals surface area contributed by atoms with E-state index in [0.717, 1.165) is 25.0 Å². The molecule has 1 aromatic carbocycles. The summed E-state index contributed by atoms with van der Waals surface area (Å²) in [4.78, 5) is 23.4. The molecule has 0 unspecified atom stereocenters. The molecule has 0 spiro atoms. The molecule has 5 nitrogen and oxygen atoms in total. The Morgan fingerprint density at radius 1 is 1.33 bits per heavy atom. The summed E-state index contributed by atoms with van der Waals surface area (Å²) in [7, 11) is 0. The van der Waals surface area contributed by atoms with Crippen molar-refractivity contribution in [3.05, 3.63) is 41.6 Å². The molecular weight excluding hydrogens is 268 g/mol. The van der Waals surface area contributed by atoms with Crippen LogP contribution in [0.5, 0.6) is 0 Å². The second-order valence-corrected chi connectivity index (χ2v) is 4.99. The second-order valence-electron chi connectivity index (χ2n) is 4.99. The van der Waals surface area contributed by atoms with E-state index >= 15 is 0 Å². The molecular formula is C16H20N2O3. The Morgan fingerprint density at radius 2 is 2.10 bits per heavy atom. The third-order valence-electron chi connectivity index (χ3n) is 3.18. The molecule has 1 aliphatic heterocycles. The highest BCUT2D eigenvalue weighted by molar-refractivity contribution is 6.00. The van der Waals surface area contributed by atoms with Crippen molar-refractivity contribution in [2.24, 2.45) is 0 Å². The molecule has 21 heavy (non-hydrogen) atoms. The van der Waals surface area contributed by atoms with Gasteiger partial charge in [0.15, 0.2) is 0 Å². The molecule has 2 N–H and O–H groups in total. The lowest BCUT2D eigenvalue weighted by Crippen LogP contribution is -2.37. The highest BCUT2D eigenvalue weighted by Crippen LogP contribution is 2.11. The summed E-state index contributed by atoms with van der Waals surface area (Å²) in [6.07, 6.45) is 3.72. The molecule has 1 atom stereocenters. The van der Waals surface area contributed by atoms with Crippen LogP contribution < -0.4 is 10.6 Å². The largest absolute Gasteiger partial charge is 0.376 e. The molecule has 1 aliphatic rings. The Bertz CT molecular complexity index is 520. The molecule has 0 radical (unpaired) electrons. The van der Waals surface area contributed by atoms with Crippen LogP contribution in [0.1, 0.15) is 25.3 Å². The smallest absolute Gasteiger partial charge is 0.267 e. The van der Waals surface area contributed by atoms with Crippen LogP contribution in [-0.4, -0.2) is 31.1 Å². The second kappa shape index (κ2) is 7.59. The fraction of sp³-hybridized carbons (Fsp3) is 0.375. The van der Waals surface area contributed by atoms with Crippen LogP contribution in [0, 0.1) is 0 Å². The van der Waals surface area contributed by atoms with E-state index in [4.69, 9.17) is 4.74 Å². The minimum absolute atomic E-state index is 0.0734. The van der Waals surface area contributed by atoms with Crippen LogP contribution in [0.15, 0.2) is 36.0 Å². The van der Waals surface area contributed by atoms with Crippen molar-refractivity contribution < 1.29 is 14.3 Å². The summed E-state index contributed by atoms with van der Waals surface area (Å²) in [5.74, 6) is -0.575. The molecule has 5 heteroatoms. The number of amides is 2. The van der Waals surface area contributed by atoms with Gasteiger partial charge in [-0.3, -0.25) is 9.59 Å².